The van der Waals surface area contributed by atoms with Crippen LogP contribution in [-0.2, 0) is 15.1 Å². The molecule has 0 fully saturated rings. The van der Waals surface area contributed by atoms with Crippen LogP contribution in [-0.4, -0.2) is 13.1 Å². The number of carbonyl (C=O) groups is 1. The molecule has 1 atom stereocenters. The summed E-state index contributed by atoms with van der Waals surface area (Å²) in [7, 11) is 1.29. The summed E-state index contributed by atoms with van der Waals surface area (Å²) in [5, 5.41) is 8.61. The molecule has 0 aliphatic rings. The lowest BCUT2D eigenvalue weighted by Crippen LogP contribution is -2.42. The van der Waals surface area contributed by atoms with Gasteiger partial charge in [0.1, 0.15) is 5.54 Å². The SMILES string of the molecule is COC(=O)[C@@](C)(N)c1ccc(C#N)cc1. The number of benzene rings is 1. The largest absolute Gasteiger partial charge is 0.467 e. The maximum Gasteiger partial charge on any atom is 0.330 e. The summed E-state index contributed by atoms with van der Waals surface area (Å²) in [5.41, 5.74) is 5.79. The molecule has 0 saturated carbocycles. The Kier molecular flexibility index (Phi) is 3.08. The third-order valence-electron chi connectivity index (χ3n) is 2.22. The Morgan fingerprint density at radius 3 is 2.40 bits per heavy atom. The standard InChI is InChI=1S/C11H12N2O2/c1-11(13,10(14)15-2)9-5-3-8(7-12)4-6-9/h3-6H,13H2,1-2H3/t11-/m0/s1. The smallest absolute Gasteiger partial charge is 0.330 e. The average molecular weight is 204 g/mol. The fourth-order valence-corrected chi connectivity index (χ4v) is 1.22. The summed E-state index contributed by atoms with van der Waals surface area (Å²) in [6, 6.07) is 8.52. The molecule has 1 aromatic rings. The average Bonchev–Trinajstić information content (AvgIpc) is 2.28. The number of methoxy groups -OCH3 is 1. The zero-order valence-electron chi connectivity index (χ0n) is 8.65. The molecule has 0 amide bonds. The number of carbonyl (C=O) groups excluding carboxylic acids is 1. The van der Waals surface area contributed by atoms with Crippen molar-refractivity contribution in [2.75, 3.05) is 7.11 Å². The molecule has 0 aliphatic carbocycles. The van der Waals surface area contributed by atoms with E-state index in [1.165, 1.54) is 7.11 Å². The minimum absolute atomic E-state index is 0.507. The van der Waals surface area contributed by atoms with Gasteiger partial charge in [-0.25, -0.2) is 4.79 Å². The fourth-order valence-electron chi connectivity index (χ4n) is 1.22. The highest BCUT2D eigenvalue weighted by Gasteiger charge is 2.31. The van der Waals surface area contributed by atoms with Crippen LogP contribution in [0.3, 0.4) is 0 Å². The van der Waals surface area contributed by atoms with Gasteiger partial charge in [0.25, 0.3) is 0 Å². The first-order valence-electron chi connectivity index (χ1n) is 4.40. The van der Waals surface area contributed by atoms with Crippen molar-refractivity contribution in [3.8, 4) is 6.07 Å². The van der Waals surface area contributed by atoms with Gasteiger partial charge in [0.2, 0.25) is 0 Å². The Labute approximate surface area is 88.3 Å². The maximum atomic E-state index is 11.4. The summed E-state index contributed by atoms with van der Waals surface area (Å²) < 4.78 is 4.60. The van der Waals surface area contributed by atoms with E-state index in [2.05, 4.69) is 4.74 Å². The first-order chi connectivity index (χ1) is 7.02. The lowest BCUT2D eigenvalue weighted by atomic mass is 9.93. The zero-order valence-corrected chi connectivity index (χ0v) is 8.65. The number of esters is 1. The topological polar surface area (TPSA) is 76.1 Å². The van der Waals surface area contributed by atoms with E-state index in [0.717, 1.165) is 0 Å². The quantitative estimate of drug-likeness (QED) is 0.726. The minimum Gasteiger partial charge on any atom is -0.467 e. The fraction of sp³-hybridized carbons (Fsp3) is 0.273. The van der Waals surface area contributed by atoms with Crippen LogP contribution in [0.25, 0.3) is 0 Å². The van der Waals surface area contributed by atoms with Crippen molar-refractivity contribution in [1.29, 1.82) is 5.26 Å². The number of nitrogens with zero attached hydrogens (tertiary/aromatic N) is 1. The van der Waals surface area contributed by atoms with Crippen molar-refractivity contribution in [3.63, 3.8) is 0 Å². The molecule has 2 N–H and O–H groups in total. The van der Waals surface area contributed by atoms with Crippen LogP contribution in [0, 0.1) is 11.3 Å². The molecule has 0 spiro atoms. The van der Waals surface area contributed by atoms with Gasteiger partial charge in [0.05, 0.1) is 18.7 Å². The number of hydrogen-bond acceptors (Lipinski definition) is 4. The van der Waals surface area contributed by atoms with Crippen LogP contribution in [0.5, 0.6) is 0 Å². The van der Waals surface area contributed by atoms with Crippen molar-refractivity contribution in [1.82, 2.24) is 0 Å². The third-order valence-corrected chi connectivity index (χ3v) is 2.22. The Morgan fingerprint density at radius 2 is 2.00 bits per heavy atom. The first-order valence-corrected chi connectivity index (χ1v) is 4.40. The Bertz CT molecular complexity index is 402. The van der Waals surface area contributed by atoms with Gasteiger partial charge in [-0.3, -0.25) is 0 Å². The van der Waals surface area contributed by atoms with Crippen molar-refractivity contribution >= 4 is 5.97 Å². The molecule has 0 saturated heterocycles. The summed E-state index contributed by atoms with van der Waals surface area (Å²) in [6.45, 7) is 1.57. The second kappa shape index (κ2) is 4.11. The van der Waals surface area contributed by atoms with Gasteiger partial charge in [0, 0.05) is 0 Å². The highest BCUT2D eigenvalue weighted by molar-refractivity contribution is 5.81. The van der Waals surface area contributed by atoms with Gasteiger partial charge in [-0.05, 0) is 24.6 Å². The van der Waals surface area contributed by atoms with Crippen LogP contribution in [0.1, 0.15) is 18.1 Å². The van der Waals surface area contributed by atoms with Gasteiger partial charge in [0.15, 0.2) is 0 Å². The summed E-state index contributed by atoms with van der Waals surface area (Å²) >= 11 is 0. The first kappa shape index (κ1) is 11.2. The van der Waals surface area contributed by atoms with Crippen LogP contribution in [0.4, 0.5) is 0 Å². The number of nitrogens with two attached hydrogens (primary N) is 1. The molecule has 78 valence electrons. The molecule has 0 aromatic heterocycles. The molecule has 1 rings (SSSR count). The van der Waals surface area contributed by atoms with Crippen molar-refractivity contribution in [3.05, 3.63) is 35.4 Å². The minimum atomic E-state index is -1.18. The molecule has 0 bridgehead atoms. The van der Waals surface area contributed by atoms with E-state index in [1.807, 2.05) is 6.07 Å². The lowest BCUT2D eigenvalue weighted by molar-refractivity contribution is -0.146. The van der Waals surface area contributed by atoms with E-state index in [1.54, 1.807) is 31.2 Å². The summed E-state index contributed by atoms with van der Waals surface area (Å²) in [6.07, 6.45) is 0. The predicted molar refractivity (Wildman–Crippen MR) is 54.7 cm³/mol. The molecule has 0 heterocycles. The van der Waals surface area contributed by atoms with Gasteiger partial charge >= 0.3 is 5.97 Å². The van der Waals surface area contributed by atoms with Crippen molar-refractivity contribution in [2.45, 2.75) is 12.5 Å². The number of ether oxygens (including phenoxy) is 1. The van der Waals surface area contributed by atoms with E-state index < -0.39 is 11.5 Å². The Hall–Kier alpha value is -1.86. The third kappa shape index (κ3) is 2.14. The monoisotopic (exact) mass is 204 g/mol. The van der Waals surface area contributed by atoms with Crippen LogP contribution in [0.15, 0.2) is 24.3 Å². The summed E-state index contributed by atoms with van der Waals surface area (Å²) in [4.78, 5) is 11.4. The Morgan fingerprint density at radius 1 is 1.47 bits per heavy atom. The van der Waals surface area contributed by atoms with Gasteiger partial charge in [-0.2, -0.15) is 5.26 Å². The van der Waals surface area contributed by atoms with Gasteiger partial charge in [-0.15, -0.1) is 0 Å². The number of nitriles is 1. The molecule has 15 heavy (non-hydrogen) atoms. The highest BCUT2D eigenvalue weighted by Crippen LogP contribution is 2.19. The normalized spacial score (nSPS) is 13.7. The van der Waals surface area contributed by atoms with E-state index in [0.29, 0.717) is 11.1 Å². The second-order valence-electron chi connectivity index (χ2n) is 3.38. The van der Waals surface area contributed by atoms with E-state index in [-0.39, 0.29) is 0 Å². The molecular weight excluding hydrogens is 192 g/mol. The van der Waals surface area contributed by atoms with E-state index in [9.17, 15) is 4.79 Å². The number of rotatable bonds is 2. The predicted octanol–water partition coefficient (Wildman–Crippen LogP) is 0.905. The van der Waals surface area contributed by atoms with E-state index >= 15 is 0 Å². The van der Waals surface area contributed by atoms with Gasteiger partial charge in [-0.1, -0.05) is 12.1 Å². The lowest BCUT2D eigenvalue weighted by Gasteiger charge is -2.21. The van der Waals surface area contributed by atoms with Gasteiger partial charge < -0.3 is 10.5 Å². The number of hydrogen-bond donors (Lipinski definition) is 1. The maximum absolute atomic E-state index is 11.4. The van der Waals surface area contributed by atoms with Crippen molar-refractivity contribution < 1.29 is 9.53 Å². The molecule has 0 radical (unpaired) electrons. The van der Waals surface area contributed by atoms with E-state index in [4.69, 9.17) is 11.0 Å². The second-order valence-corrected chi connectivity index (χ2v) is 3.38. The molecule has 4 nitrogen and oxygen atoms in total. The van der Waals surface area contributed by atoms with Crippen LogP contribution in [0.2, 0.25) is 0 Å². The summed E-state index contributed by atoms with van der Waals surface area (Å²) in [5.74, 6) is -0.507. The zero-order chi connectivity index (χ0) is 11.5. The van der Waals surface area contributed by atoms with Crippen molar-refractivity contribution in [2.24, 2.45) is 5.73 Å². The molecule has 4 heteroatoms. The molecule has 0 aliphatic heterocycles. The highest BCUT2D eigenvalue weighted by atomic mass is 16.5. The Balaban J connectivity index is 3.06. The van der Waals surface area contributed by atoms with Crippen LogP contribution >= 0.6 is 0 Å². The molecule has 0 unspecified atom stereocenters. The molecular formula is C11H12N2O2. The molecule has 1 aromatic carbocycles. The van der Waals surface area contributed by atoms with Crippen LogP contribution < -0.4 is 5.73 Å².